The molecule has 76 valence electrons. The van der Waals surface area contributed by atoms with Crippen molar-refractivity contribution in [3.63, 3.8) is 0 Å². The largest absolute Gasteiger partial charge is 0.382 e. The van der Waals surface area contributed by atoms with E-state index in [9.17, 15) is 0 Å². The Balaban J connectivity index is 2.41. The maximum atomic E-state index is 6.33. The number of nitrogens with two attached hydrogens (primary N) is 1. The molecular weight excluding hydrogens is 174 g/mol. The van der Waals surface area contributed by atoms with Crippen LogP contribution >= 0.6 is 0 Å². The van der Waals surface area contributed by atoms with Crippen molar-refractivity contribution in [2.24, 2.45) is 5.73 Å². The molecule has 0 fully saturated rings. The van der Waals surface area contributed by atoms with Gasteiger partial charge in [-0.3, -0.25) is 0 Å². The van der Waals surface area contributed by atoms with E-state index in [-0.39, 0.29) is 5.54 Å². The Hall–Kier alpha value is -0.860. The smallest absolute Gasteiger partial charge is 0.0684 e. The van der Waals surface area contributed by atoms with Crippen LogP contribution in [0, 0.1) is 6.92 Å². The van der Waals surface area contributed by atoms with Crippen LogP contribution < -0.4 is 5.73 Å². The Labute approximate surface area is 85.1 Å². The minimum atomic E-state index is -0.254. The van der Waals surface area contributed by atoms with Crippen molar-refractivity contribution in [2.75, 3.05) is 13.7 Å². The number of aryl methyl sites for hydroxylation is 2. The third-order valence-corrected chi connectivity index (χ3v) is 3.04. The van der Waals surface area contributed by atoms with Gasteiger partial charge in [0, 0.05) is 7.11 Å². The lowest BCUT2D eigenvalue weighted by atomic mass is 9.93. The van der Waals surface area contributed by atoms with Gasteiger partial charge in [-0.2, -0.15) is 0 Å². The SMILES string of the molecule is COCC1(N)CCc2ccc(C)cc21. The molecule has 0 heterocycles. The van der Waals surface area contributed by atoms with Gasteiger partial charge in [-0.1, -0.05) is 23.8 Å². The predicted octanol–water partition coefficient (Wildman–Crippen LogP) is 1.74. The first-order chi connectivity index (χ1) is 6.65. The second kappa shape index (κ2) is 3.37. The summed E-state index contributed by atoms with van der Waals surface area (Å²) < 4.78 is 5.20. The number of methoxy groups -OCH3 is 1. The number of hydrogen-bond donors (Lipinski definition) is 1. The van der Waals surface area contributed by atoms with Gasteiger partial charge in [0.25, 0.3) is 0 Å². The van der Waals surface area contributed by atoms with Gasteiger partial charge in [0.15, 0.2) is 0 Å². The average Bonchev–Trinajstić information content (AvgIpc) is 2.45. The van der Waals surface area contributed by atoms with Crippen LogP contribution in [0.4, 0.5) is 0 Å². The Morgan fingerprint density at radius 2 is 2.29 bits per heavy atom. The van der Waals surface area contributed by atoms with Gasteiger partial charge < -0.3 is 10.5 Å². The van der Waals surface area contributed by atoms with Crippen molar-refractivity contribution in [3.05, 3.63) is 34.9 Å². The lowest BCUT2D eigenvalue weighted by Crippen LogP contribution is -2.38. The average molecular weight is 191 g/mol. The summed E-state index contributed by atoms with van der Waals surface area (Å²) >= 11 is 0. The number of rotatable bonds is 2. The first-order valence-corrected chi connectivity index (χ1v) is 5.03. The monoisotopic (exact) mass is 191 g/mol. The highest BCUT2D eigenvalue weighted by molar-refractivity contribution is 5.41. The third kappa shape index (κ3) is 1.45. The second-order valence-corrected chi connectivity index (χ2v) is 4.25. The van der Waals surface area contributed by atoms with Gasteiger partial charge in [-0.05, 0) is 30.9 Å². The molecule has 1 unspecified atom stereocenters. The van der Waals surface area contributed by atoms with Crippen LogP contribution in [0.2, 0.25) is 0 Å². The highest BCUT2D eigenvalue weighted by Crippen LogP contribution is 2.35. The minimum Gasteiger partial charge on any atom is -0.382 e. The van der Waals surface area contributed by atoms with Crippen molar-refractivity contribution in [2.45, 2.75) is 25.3 Å². The standard InChI is InChI=1S/C12H17NO/c1-9-3-4-10-5-6-12(13,8-14-2)11(10)7-9/h3-4,7H,5-6,8,13H2,1-2H3. The van der Waals surface area contributed by atoms with Crippen LogP contribution in [0.25, 0.3) is 0 Å². The predicted molar refractivity (Wildman–Crippen MR) is 57.2 cm³/mol. The Kier molecular flexibility index (Phi) is 2.33. The second-order valence-electron chi connectivity index (χ2n) is 4.25. The van der Waals surface area contributed by atoms with Gasteiger partial charge >= 0.3 is 0 Å². The normalized spacial score (nSPS) is 25.1. The van der Waals surface area contributed by atoms with Crippen LogP contribution in [-0.2, 0) is 16.7 Å². The maximum Gasteiger partial charge on any atom is 0.0684 e. The molecule has 1 aliphatic rings. The molecule has 2 heteroatoms. The topological polar surface area (TPSA) is 35.2 Å². The molecule has 1 atom stereocenters. The van der Waals surface area contributed by atoms with Crippen LogP contribution in [-0.4, -0.2) is 13.7 Å². The lowest BCUT2D eigenvalue weighted by Gasteiger charge is -2.24. The van der Waals surface area contributed by atoms with E-state index in [2.05, 4.69) is 25.1 Å². The van der Waals surface area contributed by atoms with Crippen molar-refractivity contribution >= 4 is 0 Å². The van der Waals surface area contributed by atoms with E-state index < -0.39 is 0 Å². The fourth-order valence-electron chi connectivity index (χ4n) is 2.27. The zero-order chi connectivity index (χ0) is 10.2. The highest BCUT2D eigenvalue weighted by Gasteiger charge is 2.34. The molecule has 2 N–H and O–H groups in total. The molecule has 14 heavy (non-hydrogen) atoms. The molecule has 0 spiro atoms. The molecule has 0 radical (unpaired) electrons. The van der Waals surface area contributed by atoms with E-state index in [4.69, 9.17) is 10.5 Å². The molecule has 0 aromatic heterocycles. The molecule has 2 nitrogen and oxygen atoms in total. The summed E-state index contributed by atoms with van der Waals surface area (Å²) in [5.41, 5.74) is 10.0. The number of benzene rings is 1. The zero-order valence-corrected chi connectivity index (χ0v) is 8.84. The molecule has 0 saturated heterocycles. The first kappa shape index (κ1) is 9.69. The molecule has 1 aromatic rings. The van der Waals surface area contributed by atoms with E-state index in [0.717, 1.165) is 12.8 Å². The van der Waals surface area contributed by atoms with Crippen LogP contribution in [0.3, 0.4) is 0 Å². The lowest BCUT2D eigenvalue weighted by molar-refractivity contribution is 0.132. The van der Waals surface area contributed by atoms with Gasteiger partial charge in [0.1, 0.15) is 0 Å². The Bertz CT molecular complexity index is 344. The van der Waals surface area contributed by atoms with Gasteiger partial charge in [-0.25, -0.2) is 0 Å². The number of fused-ring (bicyclic) bond motifs is 1. The van der Waals surface area contributed by atoms with Crippen molar-refractivity contribution in [1.82, 2.24) is 0 Å². The first-order valence-electron chi connectivity index (χ1n) is 5.03. The minimum absolute atomic E-state index is 0.254. The summed E-state index contributed by atoms with van der Waals surface area (Å²) in [4.78, 5) is 0. The van der Waals surface area contributed by atoms with Gasteiger partial charge in [-0.15, -0.1) is 0 Å². The highest BCUT2D eigenvalue weighted by atomic mass is 16.5. The fourth-order valence-corrected chi connectivity index (χ4v) is 2.27. The molecule has 2 rings (SSSR count). The quantitative estimate of drug-likeness (QED) is 0.772. The maximum absolute atomic E-state index is 6.33. The van der Waals surface area contributed by atoms with Crippen LogP contribution in [0.5, 0.6) is 0 Å². The van der Waals surface area contributed by atoms with E-state index >= 15 is 0 Å². The van der Waals surface area contributed by atoms with E-state index in [1.165, 1.54) is 16.7 Å². The summed E-state index contributed by atoms with van der Waals surface area (Å²) in [6.07, 6.45) is 2.08. The van der Waals surface area contributed by atoms with Crippen molar-refractivity contribution in [1.29, 1.82) is 0 Å². The fraction of sp³-hybridized carbons (Fsp3) is 0.500. The van der Waals surface area contributed by atoms with Crippen molar-refractivity contribution in [3.8, 4) is 0 Å². The zero-order valence-electron chi connectivity index (χ0n) is 8.84. The van der Waals surface area contributed by atoms with E-state index in [1.807, 2.05) is 0 Å². The summed E-state index contributed by atoms with van der Waals surface area (Å²) in [7, 11) is 1.71. The van der Waals surface area contributed by atoms with E-state index in [0.29, 0.717) is 6.61 Å². The molecular formula is C12H17NO. The van der Waals surface area contributed by atoms with Crippen LogP contribution in [0.1, 0.15) is 23.1 Å². The number of hydrogen-bond acceptors (Lipinski definition) is 2. The Morgan fingerprint density at radius 3 is 3.00 bits per heavy atom. The molecule has 0 bridgehead atoms. The summed E-state index contributed by atoms with van der Waals surface area (Å²) in [5, 5.41) is 0. The molecule has 0 amide bonds. The van der Waals surface area contributed by atoms with Crippen LogP contribution in [0.15, 0.2) is 18.2 Å². The summed E-state index contributed by atoms with van der Waals surface area (Å²) in [6, 6.07) is 6.54. The Morgan fingerprint density at radius 1 is 1.50 bits per heavy atom. The van der Waals surface area contributed by atoms with Crippen molar-refractivity contribution < 1.29 is 4.74 Å². The molecule has 1 aliphatic carbocycles. The van der Waals surface area contributed by atoms with Gasteiger partial charge in [0.2, 0.25) is 0 Å². The van der Waals surface area contributed by atoms with E-state index in [1.54, 1.807) is 7.11 Å². The number of ether oxygens (including phenoxy) is 1. The molecule has 0 aliphatic heterocycles. The van der Waals surface area contributed by atoms with Gasteiger partial charge in [0.05, 0.1) is 12.1 Å². The molecule has 0 saturated carbocycles. The summed E-state index contributed by atoms with van der Waals surface area (Å²) in [5.74, 6) is 0. The molecule has 1 aromatic carbocycles. The third-order valence-electron chi connectivity index (χ3n) is 3.04. The summed E-state index contributed by atoms with van der Waals surface area (Å²) in [6.45, 7) is 2.72.